The van der Waals surface area contributed by atoms with E-state index in [9.17, 15) is 4.79 Å². The molecule has 6 heteroatoms. The van der Waals surface area contributed by atoms with E-state index in [0.29, 0.717) is 23.2 Å². The van der Waals surface area contributed by atoms with Gasteiger partial charge in [-0.2, -0.15) is 0 Å². The van der Waals surface area contributed by atoms with E-state index in [2.05, 4.69) is 4.98 Å². The fourth-order valence-corrected chi connectivity index (χ4v) is 4.45. The molecule has 0 saturated carbocycles. The second-order valence-corrected chi connectivity index (χ2v) is 7.83. The lowest BCUT2D eigenvalue weighted by molar-refractivity contribution is -0.124. The molecule has 2 aliphatic heterocycles. The fraction of sp³-hybridized carbons (Fsp3) is 0.130. The van der Waals surface area contributed by atoms with E-state index in [0.717, 1.165) is 22.4 Å². The van der Waals surface area contributed by atoms with Crippen molar-refractivity contribution in [1.82, 2.24) is 9.88 Å². The quantitative estimate of drug-likeness (QED) is 0.661. The predicted octanol–water partition coefficient (Wildman–Crippen LogP) is 4.22. The molecule has 2 aromatic carbocycles. The third-order valence-electron chi connectivity index (χ3n) is 4.94. The van der Waals surface area contributed by atoms with E-state index in [-0.39, 0.29) is 5.91 Å². The van der Waals surface area contributed by atoms with Crippen LogP contribution >= 0.6 is 11.8 Å². The molecule has 2 aliphatic rings. The van der Waals surface area contributed by atoms with Crippen molar-refractivity contribution in [3.63, 3.8) is 0 Å². The minimum Gasteiger partial charge on any atom is -0.271 e. The third kappa shape index (κ3) is 3.47. The molecule has 3 aromatic rings. The number of hydrogen-bond acceptors (Lipinski definition) is 5. The third-order valence-corrected chi connectivity index (χ3v) is 5.95. The van der Waals surface area contributed by atoms with Gasteiger partial charge in [-0.05, 0) is 35.4 Å². The van der Waals surface area contributed by atoms with Crippen molar-refractivity contribution in [2.75, 3.05) is 0 Å². The van der Waals surface area contributed by atoms with Crippen LogP contribution in [0.1, 0.15) is 16.7 Å². The molecule has 142 valence electrons. The molecule has 1 aromatic heterocycles. The smallest absolute Gasteiger partial charge is 0.259 e. The van der Waals surface area contributed by atoms with E-state index in [1.165, 1.54) is 0 Å². The van der Waals surface area contributed by atoms with Gasteiger partial charge in [0, 0.05) is 30.1 Å². The lowest BCUT2D eigenvalue weighted by Gasteiger charge is -2.25. The van der Waals surface area contributed by atoms with Crippen molar-refractivity contribution < 1.29 is 4.79 Å². The Hall–Kier alpha value is -3.25. The average Bonchev–Trinajstić information content (AvgIpc) is 3.10. The number of aliphatic imine (C=N–C) groups is 2. The van der Waals surface area contributed by atoms with Crippen LogP contribution < -0.4 is 0 Å². The van der Waals surface area contributed by atoms with Gasteiger partial charge in [-0.15, -0.1) is 0 Å². The Labute approximate surface area is 173 Å². The lowest BCUT2D eigenvalue weighted by Crippen LogP contribution is -2.41. The van der Waals surface area contributed by atoms with Gasteiger partial charge in [0.2, 0.25) is 0 Å². The molecule has 1 amide bonds. The highest BCUT2D eigenvalue weighted by atomic mass is 32.2. The average molecular weight is 398 g/mol. The van der Waals surface area contributed by atoms with Crippen LogP contribution in [0.25, 0.3) is 0 Å². The van der Waals surface area contributed by atoms with Crippen LogP contribution in [0.2, 0.25) is 0 Å². The SMILES string of the molecule is O=C1[C@H](Cc2ccccc2)N=C2c3ccccc3N=C(SCc3ccncc3)N12. The summed E-state index contributed by atoms with van der Waals surface area (Å²) in [5.74, 6) is 1.40. The number of pyridine rings is 1. The number of amidine groups is 2. The van der Waals surface area contributed by atoms with E-state index in [1.54, 1.807) is 29.1 Å². The number of benzene rings is 2. The summed E-state index contributed by atoms with van der Waals surface area (Å²) in [6, 6.07) is 21.4. The van der Waals surface area contributed by atoms with Gasteiger partial charge < -0.3 is 0 Å². The second-order valence-electron chi connectivity index (χ2n) is 6.89. The summed E-state index contributed by atoms with van der Waals surface area (Å²) in [5.41, 5.74) is 4.00. The van der Waals surface area contributed by atoms with Crippen molar-refractivity contribution in [3.8, 4) is 0 Å². The summed E-state index contributed by atoms with van der Waals surface area (Å²) in [6.07, 6.45) is 4.14. The normalized spacial score (nSPS) is 17.4. The summed E-state index contributed by atoms with van der Waals surface area (Å²) in [4.78, 5) is 28.6. The Morgan fingerprint density at radius 2 is 1.66 bits per heavy atom. The zero-order valence-corrected chi connectivity index (χ0v) is 16.4. The molecular weight excluding hydrogens is 380 g/mol. The summed E-state index contributed by atoms with van der Waals surface area (Å²) in [7, 11) is 0. The van der Waals surface area contributed by atoms with Gasteiger partial charge in [0.1, 0.15) is 11.9 Å². The predicted molar refractivity (Wildman–Crippen MR) is 116 cm³/mol. The Morgan fingerprint density at radius 1 is 0.897 bits per heavy atom. The summed E-state index contributed by atoms with van der Waals surface area (Å²) in [6.45, 7) is 0. The van der Waals surface area contributed by atoms with Crippen LogP contribution in [0.5, 0.6) is 0 Å². The van der Waals surface area contributed by atoms with Gasteiger partial charge in [-0.25, -0.2) is 9.89 Å². The van der Waals surface area contributed by atoms with Crippen LogP contribution in [0.15, 0.2) is 89.1 Å². The first kappa shape index (κ1) is 17.8. The number of nitrogens with zero attached hydrogens (tertiary/aromatic N) is 4. The minimum atomic E-state index is -0.426. The van der Waals surface area contributed by atoms with Gasteiger partial charge >= 0.3 is 0 Å². The maximum absolute atomic E-state index is 13.3. The van der Waals surface area contributed by atoms with Crippen molar-refractivity contribution >= 4 is 34.4 Å². The number of carbonyl (C=O) groups is 1. The van der Waals surface area contributed by atoms with Crippen LogP contribution in [-0.4, -0.2) is 32.8 Å². The second kappa shape index (κ2) is 7.64. The van der Waals surface area contributed by atoms with Crippen molar-refractivity contribution in [2.45, 2.75) is 18.2 Å². The molecule has 0 saturated heterocycles. The standard InChI is InChI=1S/C23H18N4OS/c28-22-20(14-16-6-2-1-3-7-16)25-21-18-8-4-5-9-19(18)26-23(27(21)22)29-15-17-10-12-24-13-11-17/h1-13,20H,14-15H2/t20-/m0/s1. The molecule has 29 heavy (non-hydrogen) atoms. The highest BCUT2D eigenvalue weighted by molar-refractivity contribution is 8.13. The van der Waals surface area contributed by atoms with Crippen LogP contribution in [0.4, 0.5) is 5.69 Å². The molecule has 1 atom stereocenters. The number of thioether (sulfide) groups is 1. The van der Waals surface area contributed by atoms with Crippen LogP contribution in [-0.2, 0) is 17.0 Å². The summed E-state index contributed by atoms with van der Waals surface area (Å²) in [5, 5.41) is 0.680. The molecule has 5 rings (SSSR count). The zero-order valence-electron chi connectivity index (χ0n) is 15.6. The number of carbonyl (C=O) groups excluding carboxylic acids is 1. The van der Waals surface area contributed by atoms with Gasteiger partial charge in [0.25, 0.3) is 5.91 Å². The maximum Gasteiger partial charge on any atom is 0.259 e. The number of fused-ring (bicyclic) bond motifs is 3. The number of aromatic nitrogens is 1. The van der Waals surface area contributed by atoms with Gasteiger partial charge in [0.05, 0.1) is 5.69 Å². The molecule has 5 nitrogen and oxygen atoms in total. The number of para-hydroxylation sites is 1. The Balaban J connectivity index is 1.47. The highest BCUT2D eigenvalue weighted by Gasteiger charge is 2.41. The van der Waals surface area contributed by atoms with E-state index in [1.807, 2.05) is 66.7 Å². The maximum atomic E-state index is 13.3. The number of amides is 1. The van der Waals surface area contributed by atoms with Gasteiger partial charge in [0.15, 0.2) is 5.17 Å². The van der Waals surface area contributed by atoms with E-state index >= 15 is 0 Å². The van der Waals surface area contributed by atoms with Gasteiger partial charge in [-0.1, -0.05) is 54.2 Å². The number of rotatable bonds is 4. The summed E-state index contributed by atoms with van der Waals surface area (Å²) >= 11 is 1.55. The molecule has 0 N–H and O–H groups in total. The highest BCUT2D eigenvalue weighted by Crippen LogP contribution is 2.34. The first-order chi connectivity index (χ1) is 14.3. The van der Waals surface area contributed by atoms with Crippen molar-refractivity contribution in [2.24, 2.45) is 9.98 Å². The molecule has 0 fully saturated rings. The van der Waals surface area contributed by atoms with Gasteiger partial charge in [-0.3, -0.25) is 14.8 Å². The molecule has 0 unspecified atom stereocenters. The van der Waals surface area contributed by atoms with Crippen molar-refractivity contribution in [3.05, 3.63) is 95.8 Å². The zero-order chi connectivity index (χ0) is 19.6. The molecule has 0 aliphatic carbocycles. The largest absolute Gasteiger partial charge is 0.271 e. The van der Waals surface area contributed by atoms with E-state index in [4.69, 9.17) is 9.98 Å². The Bertz CT molecular complexity index is 1110. The Morgan fingerprint density at radius 3 is 2.48 bits per heavy atom. The van der Waals surface area contributed by atoms with Crippen LogP contribution in [0.3, 0.4) is 0 Å². The molecule has 0 bridgehead atoms. The fourth-order valence-electron chi connectivity index (χ4n) is 3.50. The number of hydrogen-bond donors (Lipinski definition) is 0. The van der Waals surface area contributed by atoms with E-state index < -0.39 is 6.04 Å². The minimum absolute atomic E-state index is 0.0145. The molecular formula is C23H18N4OS. The summed E-state index contributed by atoms with van der Waals surface area (Å²) < 4.78 is 0. The molecule has 0 radical (unpaired) electrons. The van der Waals surface area contributed by atoms with Crippen molar-refractivity contribution in [1.29, 1.82) is 0 Å². The van der Waals surface area contributed by atoms with Crippen LogP contribution in [0, 0.1) is 0 Å². The molecule has 3 heterocycles. The molecule has 0 spiro atoms. The Kier molecular flexibility index (Phi) is 4.69. The first-order valence-corrected chi connectivity index (χ1v) is 10.4. The first-order valence-electron chi connectivity index (χ1n) is 9.45. The topological polar surface area (TPSA) is 57.9 Å². The lowest BCUT2D eigenvalue weighted by atomic mass is 10.1. The monoisotopic (exact) mass is 398 g/mol.